The van der Waals surface area contributed by atoms with E-state index in [0.29, 0.717) is 23.0 Å². The molecule has 0 radical (unpaired) electrons. The molecule has 0 aromatic heterocycles. The van der Waals surface area contributed by atoms with Gasteiger partial charge in [0.25, 0.3) is 0 Å². The average molecular weight is 393 g/mol. The molecular formula is C19H21ClN2O3S. The van der Waals surface area contributed by atoms with Crippen molar-refractivity contribution >= 4 is 46.6 Å². The second-order valence-corrected chi connectivity index (χ2v) is 6.85. The molecule has 0 aliphatic carbocycles. The molecule has 0 heterocycles. The van der Waals surface area contributed by atoms with Crippen molar-refractivity contribution in [2.75, 3.05) is 28.7 Å². The molecule has 0 atom stereocenters. The number of halogens is 1. The van der Waals surface area contributed by atoms with E-state index in [4.69, 9.17) is 16.3 Å². The zero-order valence-electron chi connectivity index (χ0n) is 14.7. The third kappa shape index (κ3) is 6.28. The first kappa shape index (κ1) is 20.1. The SMILES string of the molecule is CCOc1ccc(NC(=O)CSCC(=O)Nc2cccc(Cl)c2C)cc1. The van der Waals surface area contributed by atoms with Crippen LogP contribution in [0.4, 0.5) is 11.4 Å². The van der Waals surface area contributed by atoms with E-state index in [1.807, 2.05) is 13.8 Å². The number of carbonyl (C=O) groups is 2. The van der Waals surface area contributed by atoms with Gasteiger partial charge >= 0.3 is 0 Å². The Balaban J connectivity index is 1.73. The first-order chi connectivity index (χ1) is 12.5. The third-order valence-corrected chi connectivity index (χ3v) is 4.80. The summed E-state index contributed by atoms with van der Waals surface area (Å²) in [6.45, 7) is 4.35. The minimum Gasteiger partial charge on any atom is -0.494 e. The van der Waals surface area contributed by atoms with Crippen molar-refractivity contribution < 1.29 is 14.3 Å². The molecule has 2 rings (SSSR count). The molecule has 0 aliphatic rings. The number of hydrogen-bond acceptors (Lipinski definition) is 4. The van der Waals surface area contributed by atoms with Gasteiger partial charge in [-0.15, -0.1) is 11.8 Å². The maximum absolute atomic E-state index is 12.0. The number of thioether (sulfide) groups is 1. The maximum atomic E-state index is 12.0. The summed E-state index contributed by atoms with van der Waals surface area (Å²) in [5.74, 6) is 0.797. The van der Waals surface area contributed by atoms with Gasteiger partial charge in [0.05, 0.1) is 18.1 Å². The summed E-state index contributed by atoms with van der Waals surface area (Å²) in [7, 11) is 0. The van der Waals surface area contributed by atoms with Crippen LogP contribution in [-0.4, -0.2) is 29.9 Å². The van der Waals surface area contributed by atoms with Crippen LogP contribution in [-0.2, 0) is 9.59 Å². The molecule has 0 unspecified atom stereocenters. The van der Waals surface area contributed by atoms with Gasteiger partial charge in [-0.05, 0) is 55.8 Å². The third-order valence-electron chi connectivity index (χ3n) is 3.46. The monoisotopic (exact) mass is 392 g/mol. The summed E-state index contributed by atoms with van der Waals surface area (Å²) in [6.07, 6.45) is 0. The number of benzene rings is 2. The predicted molar refractivity (Wildman–Crippen MR) is 108 cm³/mol. The summed E-state index contributed by atoms with van der Waals surface area (Å²) in [5, 5.41) is 6.19. The number of carbonyl (C=O) groups excluding carboxylic acids is 2. The van der Waals surface area contributed by atoms with Crippen LogP contribution >= 0.6 is 23.4 Å². The Kier molecular flexibility index (Phi) is 7.81. The number of amides is 2. The summed E-state index contributed by atoms with van der Waals surface area (Å²) in [5.41, 5.74) is 2.20. The minimum absolute atomic E-state index is 0.161. The lowest BCUT2D eigenvalue weighted by Gasteiger charge is -2.09. The number of ether oxygens (including phenoxy) is 1. The van der Waals surface area contributed by atoms with Gasteiger partial charge in [-0.3, -0.25) is 9.59 Å². The fraction of sp³-hybridized carbons (Fsp3) is 0.263. The first-order valence-electron chi connectivity index (χ1n) is 8.15. The molecular weight excluding hydrogens is 372 g/mol. The Bertz CT molecular complexity index is 766. The molecule has 0 saturated carbocycles. The number of nitrogens with one attached hydrogen (secondary N) is 2. The standard InChI is InChI=1S/C19H21ClN2O3S/c1-3-25-15-9-7-14(8-10-15)21-18(23)11-26-12-19(24)22-17-6-4-5-16(20)13(17)2/h4-10H,3,11-12H2,1-2H3,(H,21,23)(H,22,24). The lowest BCUT2D eigenvalue weighted by molar-refractivity contribution is -0.114. The molecule has 138 valence electrons. The maximum Gasteiger partial charge on any atom is 0.234 e. The second kappa shape index (κ2) is 10.1. The van der Waals surface area contributed by atoms with Crippen LogP contribution in [0, 0.1) is 6.92 Å². The average Bonchev–Trinajstić information content (AvgIpc) is 2.61. The number of anilines is 2. The van der Waals surface area contributed by atoms with E-state index in [2.05, 4.69) is 10.6 Å². The molecule has 0 fully saturated rings. The van der Waals surface area contributed by atoms with Crippen molar-refractivity contribution in [3.63, 3.8) is 0 Å². The van der Waals surface area contributed by atoms with Gasteiger partial charge in [-0.25, -0.2) is 0 Å². The van der Waals surface area contributed by atoms with Crippen LogP contribution in [0.15, 0.2) is 42.5 Å². The Morgan fingerprint density at radius 1 is 1.04 bits per heavy atom. The normalized spacial score (nSPS) is 10.3. The molecule has 7 heteroatoms. The Labute approximate surface area is 162 Å². The molecule has 0 spiro atoms. The Morgan fingerprint density at radius 2 is 1.69 bits per heavy atom. The highest BCUT2D eigenvalue weighted by molar-refractivity contribution is 8.00. The van der Waals surface area contributed by atoms with Crippen molar-refractivity contribution in [3.05, 3.63) is 53.1 Å². The van der Waals surface area contributed by atoms with E-state index in [0.717, 1.165) is 11.3 Å². The molecule has 2 N–H and O–H groups in total. The highest BCUT2D eigenvalue weighted by Crippen LogP contribution is 2.23. The number of hydrogen-bond donors (Lipinski definition) is 2. The van der Waals surface area contributed by atoms with E-state index < -0.39 is 0 Å². The fourth-order valence-corrected chi connectivity index (χ4v) is 2.96. The van der Waals surface area contributed by atoms with Gasteiger partial charge in [-0.2, -0.15) is 0 Å². The van der Waals surface area contributed by atoms with E-state index in [9.17, 15) is 9.59 Å². The molecule has 0 aliphatic heterocycles. The van der Waals surface area contributed by atoms with Crippen LogP contribution in [0.25, 0.3) is 0 Å². The minimum atomic E-state index is -0.172. The largest absolute Gasteiger partial charge is 0.494 e. The molecule has 26 heavy (non-hydrogen) atoms. The van der Waals surface area contributed by atoms with Crippen molar-refractivity contribution in [3.8, 4) is 5.75 Å². The Morgan fingerprint density at radius 3 is 2.35 bits per heavy atom. The second-order valence-electron chi connectivity index (χ2n) is 5.46. The van der Waals surface area contributed by atoms with Gasteiger partial charge in [0, 0.05) is 16.4 Å². The van der Waals surface area contributed by atoms with Gasteiger partial charge in [-0.1, -0.05) is 17.7 Å². The van der Waals surface area contributed by atoms with Gasteiger partial charge in [0.1, 0.15) is 5.75 Å². The van der Waals surface area contributed by atoms with E-state index in [-0.39, 0.29) is 23.3 Å². The van der Waals surface area contributed by atoms with E-state index in [1.54, 1.807) is 42.5 Å². The zero-order chi connectivity index (χ0) is 18.9. The highest BCUT2D eigenvalue weighted by Gasteiger charge is 2.09. The zero-order valence-corrected chi connectivity index (χ0v) is 16.2. The van der Waals surface area contributed by atoms with Crippen molar-refractivity contribution in [2.45, 2.75) is 13.8 Å². The molecule has 0 bridgehead atoms. The summed E-state index contributed by atoms with van der Waals surface area (Å²) in [4.78, 5) is 23.9. The number of rotatable bonds is 8. The topological polar surface area (TPSA) is 67.4 Å². The van der Waals surface area contributed by atoms with Crippen LogP contribution < -0.4 is 15.4 Å². The van der Waals surface area contributed by atoms with Crippen molar-refractivity contribution in [1.82, 2.24) is 0 Å². The van der Waals surface area contributed by atoms with Crippen LogP contribution in [0.3, 0.4) is 0 Å². The first-order valence-corrected chi connectivity index (χ1v) is 9.68. The van der Waals surface area contributed by atoms with Crippen molar-refractivity contribution in [2.24, 2.45) is 0 Å². The van der Waals surface area contributed by atoms with Crippen molar-refractivity contribution in [1.29, 1.82) is 0 Å². The lowest BCUT2D eigenvalue weighted by atomic mass is 10.2. The molecule has 2 aromatic rings. The molecule has 0 saturated heterocycles. The molecule has 5 nitrogen and oxygen atoms in total. The summed E-state index contributed by atoms with van der Waals surface area (Å²) < 4.78 is 5.35. The van der Waals surface area contributed by atoms with Gasteiger partial charge in [0.15, 0.2) is 0 Å². The molecule has 2 aromatic carbocycles. The Hall–Kier alpha value is -2.18. The lowest BCUT2D eigenvalue weighted by Crippen LogP contribution is -2.18. The van der Waals surface area contributed by atoms with Gasteiger partial charge in [0.2, 0.25) is 11.8 Å². The molecule has 2 amide bonds. The van der Waals surface area contributed by atoms with Crippen LogP contribution in [0.2, 0.25) is 5.02 Å². The van der Waals surface area contributed by atoms with Crippen LogP contribution in [0.5, 0.6) is 5.75 Å². The van der Waals surface area contributed by atoms with Crippen LogP contribution in [0.1, 0.15) is 12.5 Å². The fourth-order valence-electron chi connectivity index (χ4n) is 2.16. The highest BCUT2D eigenvalue weighted by atomic mass is 35.5. The van der Waals surface area contributed by atoms with E-state index >= 15 is 0 Å². The summed E-state index contributed by atoms with van der Waals surface area (Å²) in [6, 6.07) is 12.5. The van der Waals surface area contributed by atoms with E-state index in [1.165, 1.54) is 11.8 Å². The smallest absolute Gasteiger partial charge is 0.234 e. The quantitative estimate of drug-likeness (QED) is 0.700. The summed E-state index contributed by atoms with van der Waals surface area (Å²) >= 11 is 7.28. The predicted octanol–water partition coefficient (Wildman–Crippen LogP) is 4.36. The van der Waals surface area contributed by atoms with Gasteiger partial charge < -0.3 is 15.4 Å².